The highest BCUT2D eigenvalue weighted by molar-refractivity contribution is 5.81. The Labute approximate surface area is 63.3 Å². The quantitative estimate of drug-likeness (QED) is 0.640. The Morgan fingerprint density at radius 2 is 2.00 bits per heavy atom. The Morgan fingerprint density at radius 1 is 1.45 bits per heavy atom. The maximum atomic E-state index is 11.6. The lowest BCUT2D eigenvalue weighted by Gasteiger charge is -2.04. The second-order valence-electron chi connectivity index (χ2n) is 2.19. The largest absolute Gasteiger partial charge is 0.389 e. The molecule has 2 N–H and O–H groups in total. The average Bonchev–Trinajstić information content (AvgIpc) is 1.83. The van der Waals surface area contributed by atoms with Gasteiger partial charge in [-0.05, 0) is 13.3 Å². The van der Waals surface area contributed by atoms with Crippen LogP contribution in [0.1, 0.15) is 19.8 Å². The minimum absolute atomic E-state index is 0.0549. The van der Waals surface area contributed by atoms with Crippen LogP contribution in [0.15, 0.2) is 4.99 Å². The number of aliphatic imine (C=N–C) groups is 1. The van der Waals surface area contributed by atoms with Gasteiger partial charge in [0.2, 0.25) is 0 Å². The van der Waals surface area contributed by atoms with Crippen LogP contribution in [0.25, 0.3) is 0 Å². The number of halogens is 3. The van der Waals surface area contributed by atoms with Gasteiger partial charge in [0.05, 0.1) is 6.67 Å². The molecule has 0 aromatic heterocycles. The normalized spacial score (nSPS) is 13.7. The van der Waals surface area contributed by atoms with Crippen LogP contribution in [0, 0.1) is 0 Å². The number of rotatable bonds is 3. The molecule has 0 spiro atoms. The molecule has 5 heteroatoms. The summed E-state index contributed by atoms with van der Waals surface area (Å²) < 4.78 is 34.7. The summed E-state index contributed by atoms with van der Waals surface area (Å²) in [6.07, 6.45) is -4.96. The molecule has 0 saturated carbocycles. The highest BCUT2D eigenvalue weighted by atomic mass is 19.4. The van der Waals surface area contributed by atoms with Crippen molar-refractivity contribution in [2.45, 2.75) is 25.9 Å². The van der Waals surface area contributed by atoms with Gasteiger partial charge in [0.25, 0.3) is 0 Å². The zero-order valence-electron chi connectivity index (χ0n) is 6.28. The average molecular weight is 168 g/mol. The van der Waals surface area contributed by atoms with Gasteiger partial charge >= 0.3 is 6.18 Å². The zero-order valence-corrected chi connectivity index (χ0v) is 6.28. The molecule has 0 aliphatic carbocycles. The van der Waals surface area contributed by atoms with Gasteiger partial charge in [-0.2, -0.15) is 13.2 Å². The van der Waals surface area contributed by atoms with Crippen LogP contribution in [0.4, 0.5) is 13.2 Å². The molecule has 0 rings (SSSR count). The van der Waals surface area contributed by atoms with E-state index in [2.05, 4.69) is 4.99 Å². The lowest BCUT2D eigenvalue weighted by Crippen LogP contribution is -2.10. The van der Waals surface area contributed by atoms with Crippen LogP contribution in [0.3, 0.4) is 0 Å². The Hall–Kier alpha value is -0.580. The van der Waals surface area contributed by atoms with Gasteiger partial charge in [-0.25, -0.2) is 0 Å². The van der Waals surface area contributed by atoms with Crippen molar-refractivity contribution in [2.24, 2.45) is 10.7 Å². The van der Waals surface area contributed by atoms with Crippen LogP contribution in [0.2, 0.25) is 0 Å². The molecule has 0 aliphatic rings. The smallest absolute Gasteiger partial charge is 0.312 e. The molecule has 0 amide bonds. The molecular weight excluding hydrogens is 157 g/mol. The molecule has 0 aliphatic heterocycles. The Morgan fingerprint density at radius 3 is 2.36 bits per heavy atom. The molecule has 0 aromatic rings. The van der Waals surface area contributed by atoms with Crippen molar-refractivity contribution in [3.8, 4) is 0 Å². The molecule has 0 saturated heterocycles. The lowest BCUT2D eigenvalue weighted by atomic mass is 10.2. The number of alkyl halides is 3. The second-order valence-corrected chi connectivity index (χ2v) is 2.19. The molecule has 0 unspecified atom stereocenters. The molecule has 0 atom stereocenters. The van der Waals surface area contributed by atoms with Gasteiger partial charge in [-0.3, -0.25) is 4.99 Å². The summed E-state index contributed by atoms with van der Waals surface area (Å²) in [6, 6.07) is 0. The van der Waals surface area contributed by atoms with Crippen molar-refractivity contribution >= 4 is 5.71 Å². The molecule has 0 aromatic carbocycles. The van der Waals surface area contributed by atoms with Crippen molar-refractivity contribution in [3.05, 3.63) is 0 Å². The zero-order chi connectivity index (χ0) is 8.91. The standard InChI is InChI=1S/C6H11F3N2/c1-5(11-4-10)2-3-6(7,8)9/h2-4,10H2,1H3. The summed E-state index contributed by atoms with van der Waals surface area (Å²) in [5, 5.41) is 0. The fourth-order valence-electron chi connectivity index (χ4n) is 0.558. The minimum Gasteiger partial charge on any atom is -0.312 e. The van der Waals surface area contributed by atoms with E-state index in [0.717, 1.165) is 0 Å². The topological polar surface area (TPSA) is 38.4 Å². The molecule has 0 heterocycles. The van der Waals surface area contributed by atoms with E-state index < -0.39 is 12.6 Å². The Bertz CT molecular complexity index is 139. The minimum atomic E-state index is -4.09. The third-order valence-corrected chi connectivity index (χ3v) is 1.13. The van der Waals surface area contributed by atoms with Crippen LogP contribution in [0.5, 0.6) is 0 Å². The Balaban J connectivity index is 3.62. The van der Waals surface area contributed by atoms with Crippen LogP contribution < -0.4 is 5.73 Å². The molecule has 66 valence electrons. The maximum absolute atomic E-state index is 11.6. The monoisotopic (exact) mass is 168 g/mol. The summed E-state index contributed by atoms with van der Waals surface area (Å²) in [4.78, 5) is 3.62. The van der Waals surface area contributed by atoms with Gasteiger partial charge < -0.3 is 5.73 Å². The first-order valence-electron chi connectivity index (χ1n) is 3.22. The lowest BCUT2D eigenvalue weighted by molar-refractivity contribution is -0.132. The maximum Gasteiger partial charge on any atom is 0.389 e. The van der Waals surface area contributed by atoms with E-state index in [-0.39, 0.29) is 13.1 Å². The predicted molar refractivity (Wildman–Crippen MR) is 37.5 cm³/mol. The number of nitrogens with two attached hydrogens (primary N) is 1. The van der Waals surface area contributed by atoms with Crippen LogP contribution >= 0.6 is 0 Å². The molecule has 0 fully saturated rings. The summed E-state index contributed by atoms with van der Waals surface area (Å²) in [6.45, 7) is 1.60. The summed E-state index contributed by atoms with van der Waals surface area (Å²) in [5.74, 6) is 0. The summed E-state index contributed by atoms with van der Waals surface area (Å²) in [7, 11) is 0. The van der Waals surface area contributed by atoms with Crippen molar-refractivity contribution in [1.82, 2.24) is 0 Å². The van der Waals surface area contributed by atoms with Crippen molar-refractivity contribution in [3.63, 3.8) is 0 Å². The van der Waals surface area contributed by atoms with E-state index in [0.29, 0.717) is 5.71 Å². The van der Waals surface area contributed by atoms with E-state index in [9.17, 15) is 13.2 Å². The van der Waals surface area contributed by atoms with Gasteiger partial charge in [0.1, 0.15) is 0 Å². The van der Waals surface area contributed by atoms with E-state index in [1.165, 1.54) is 0 Å². The SMILES string of the molecule is CC(CCC(F)(F)F)=NCN. The number of hydrogen-bond donors (Lipinski definition) is 1. The molecule has 2 nitrogen and oxygen atoms in total. The Kier molecular flexibility index (Phi) is 4.10. The molecule has 0 radical (unpaired) electrons. The van der Waals surface area contributed by atoms with Crippen LogP contribution in [-0.2, 0) is 0 Å². The van der Waals surface area contributed by atoms with Crippen molar-refractivity contribution in [1.29, 1.82) is 0 Å². The molecule has 0 bridgehead atoms. The first kappa shape index (κ1) is 10.4. The fourth-order valence-corrected chi connectivity index (χ4v) is 0.558. The van der Waals surface area contributed by atoms with Gasteiger partial charge in [0, 0.05) is 12.1 Å². The third kappa shape index (κ3) is 7.32. The van der Waals surface area contributed by atoms with Crippen LogP contribution in [-0.4, -0.2) is 18.6 Å². The highest BCUT2D eigenvalue weighted by Crippen LogP contribution is 2.21. The second kappa shape index (κ2) is 4.33. The fraction of sp³-hybridized carbons (Fsp3) is 0.833. The van der Waals surface area contributed by atoms with Crippen molar-refractivity contribution < 1.29 is 13.2 Å². The molecule has 11 heavy (non-hydrogen) atoms. The number of nitrogens with zero attached hydrogens (tertiary/aromatic N) is 1. The third-order valence-electron chi connectivity index (χ3n) is 1.13. The first-order chi connectivity index (χ1) is 4.95. The van der Waals surface area contributed by atoms with Gasteiger partial charge in [-0.15, -0.1) is 0 Å². The summed E-state index contributed by atoms with van der Waals surface area (Å²) >= 11 is 0. The highest BCUT2D eigenvalue weighted by Gasteiger charge is 2.26. The van der Waals surface area contributed by atoms with E-state index >= 15 is 0 Å². The molecular formula is C6H11F3N2. The summed E-state index contributed by atoms with van der Waals surface area (Å²) in [5.41, 5.74) is 5.45. The van der Waals surface area contributed by atoms with E-state index in [1.807, 2.05) is 0 Å². The van der Waals surface area contributed by atoms with Crippen molar-refractivity contribution in [2.75, 3.05) is 6.67 Å². The number of hydrogen-bond acceptors (Lipinski definition) is 2. The first-order valence-corrected chi connectivity index (χ1v) is 3.22. The van der Waals surface area contributed by atoms with Gasteiger partial charge in [0.15, 0.2) is 0 Å². The van der Waals surface area contributed by atoms with Gasteiger partial charge in [-0.1, -0.05) is 0 Å². The predicted octanol–water partition coefficient (Wildman–Crippen LogP) is 1.71. The van der Waals surface area contributed by atoms with E-state index in [1.54, 1.807) is 6.92 Å². The van der Waals surface area contributed by atoms with E-state index in [4.69, 9.17) is 5.73 Å².